The van der Waals surface area contributed by atoms with Crippen molar-refractivity contribution in [2.45, 2.75) is 32.4 Å². The Labute approximate surface area is 203 Å². The molecule has 5 rings (SSSR count). The number of aromatic hydroxyl groups is 1. The molecule has 1 aliphatic rings. The number of piperidine rings is 1. The molecule has 2 N–H and O–H groups in total. The molecular weight excluding hydrogens is 442 g/mol. The number of rotatable bonds is 5. The molecular formula is C27H27N5O3. The van der Waals surface area contributed by atoms with Gasteiger partial charge in [0.05, 0.1) is 11.1 Å². The molecule has 1 saturated heterocycles. The van der Waals surface area contributed by atoms with Crippen molar-refractivity contribution in [3.63, 3.8) is 0 Å². The Kier molecular flexibility index (Phi) is 6.54. The fourth-order valence-corrected chi connectivity index (χ4v) is 4.36. The number of fused-ring (bicyclic) bond motifs is 1. The van der Waals surface area contributed by atoms with E-state index in [2.05, 4.69) is 10.3 Å². The number of amides is 1. The van der Waals surface area contributed by atoms with E-state index in [1.165, 1.54) is 0 Å². The minimum Gasteiger partial charge on any atom is -0.507 e. The van der Waals surface area contributed by atoms with Gasteiger partial charge in [-0.3, -0.25) is 9.88 Å². The monoisotopic (exact) mass is 469 g/mol. The summed E-state index contributed by atoms with van der Waals surface area (Å²) >= 11 is 0. The number of benzene rings is 2. The Hall–Kier alpha value is -4.04. The van der Waals surface area contributed by atoms with Gasteiger partial charge >= 0.3 is 6.09 Å². The molecule has 1 amide bonds. The van der Waals surface area contributed by atoms with Crippen LogP contribution in [0.5, 0.6) is 5.75 Å². The Bertz CT molecular complexity index is 1340. The second-order valence-corrected chi connectivity index (χ2v) is 8.68. The normalized spacial score (nSPS) is 14.1. The number of nitrogens with zero attached hydrogens (tertiary/aromatic N) is 4. The number of ether oxygens (including phenoxy) is 1. The van der Waals surface area contributed by atoms with Gasteiger partial charge in [-0.15, -0.1) is 0 Å². The van der Waals surface area contributed by atoms with Crippen molar-refractivity contribution in [3.8, 4) is 17.1 Å². The first-order valence-corrected chi connectivity index (χ1v) is 11.7. The summed E-state index contributed by atoms with van der Waals surface area (Å²) in [6, 6.07) is 16.4. The van der Waals surface area contributed by atoms with Crippen molar-refractivity contribution in [3.05, 3.63) is 78.1 Å². The van der Waals surface area contributed by atoms with Gasteiger partial charge in [0.2, 0.25) is 0 Å². The molecule has 3 heterocycles. The zero-order chi connectivity index (χ0) is 24.2. The lowest BCUT2D eigenvalue weighted by molar-refractivity contribution is 0.143. The summed E-state index contributed by atoms with van der Waals surface area (Å²) < 4.78 is 5.76. The summed E-state index contributed by atoms with van der Waals surface area (Å²) in [5.74, 6) is 0.921. The summed E-state index contributed by atoms with van der Waals surface area (Å²) in [6.45, 7) is 3.70. The Morgan fingerprint density at radius 3 is 2.71 bits per heavy atom. The first-order valence-electron chi connectivity index (χ1n) is 11.7. The highest BCUT2D eigenvalue weighted by Crippen LogP contribution is 2.34. The Morgan fingerprint density at radius 2 is 1.94 bits per heavy atom. The lowest BCUT2D eigenvalue weighted by Gasteiger charge is -2.33. The predicted octanol–water partition coefficient (Wildman–Crippen LogP) is 4.60. The van der Waals surface area contributed by atoms with Gasteiger partial charge in [0.15, 0.2) is 5.82 Å². The van der Waals surface area contributed by atoms with E-state index in [0.717, 1.165) is 42.4 Å². The van der Waals surface area contributed by atoms with Gasteiger partial charge in [-0.25, -0.2) is 14.8 Å². The molecule has 1 fully saturated rings. The molecule has 0 unspecified atom stereocenters. The third kappa shape index (κ3) is 4.93. The van der Waals surface area contributed by atoms with Crippen LogP contribution in [0.1, 0.15) is 24.0 Å². The number of pyridine rings is 1. The number of hydrogen-bond donors (Lipinski definition) is 2. The minimum atomic E-state index is -0.468. The number of carbonyl (C=O) groups excluding carboxylic acids is 1. The van der Waals surface area contributed by atoms with Gasteiger partial charge < -0.3 is 15.2 Å². The lowest BCUT2D eigenvalue weighted by atomic mass is 10.0. The third-order valence-corrected chi connectivity index (χ3v) is 6.16. The summed E-state index contributed by atoms with van der Waals surface area (Å²) in [4.78, 5) is 28.9. The highest BCUT2D eigenvalue weighted by atomic mass is 16.6. The maximum Gasteiger partial charge on any atom is 0.416 e. The second-order valence-electron chi connectivity index (χ2n) is 8.68. The fourth-order valence-electron chi connectivity index (χ4n) is 4.36. The summed E-state index contributed by atoms with van der Waals surface area (Å²) in [5.41, 5.74) is 3.06. The number of anilines is 1. The van der Waals surface area contributed by atoms with Gasteiger partial charge in [-0.2, -0.15) is 0 Å². The predicted molar refractivity (Wildman–Crippen MR) is 134 cm³/mol. The zero-order valence-electron chi connectivity index (χ0n) is 19.5. The largest absolute Gasteiger partial charge is 0.507 e. The smallest absolute Gasteiger partial charge is 0.416 e. The number of para-hydroxylation sites is 1. The number of phenolic OH excluding ortho intramolecular Hbond substituents is 1. The molecule has 0 radical (unpaired) electrons. The van der Waals surface area contributed by atoms with Crippen LogP contribution in [0.15, 0.2) is 67.0 Å². The van der Waals surface area contributed by atoms with E-state index in [9.17, 15) is 9.90 Å². The molecule has 0 spiro atoms. The number of aryl methyl sites for hydroxylation is 1. The molecule has 178 valence electrons. The fraction of sp³-hybridized carbons (Fsp3) is 0.259. The first-order chi connectivity index (χ1) is 17.1. The molecule has 0 aliphatic carbocycles. The van der Waals surface area contributed by atoms with Crippen molar-refractivity contribution in [1.29, 1.82) is 0 Å². The Balaban J connectivity index is 1.62. The third-order valence-electron chi connectivity index (χ3n) is 6.16. The van der Waals surface area contributed by atoms with Gasteiger partial charge in [0.25, 0.3) is 0 Å². The van der Waals surface area contributed by atoms with Crippen LogP contribution in [0.25, 0.3) is 22.3 Å². The first kappa shape index (κ1) is 22.7. The Morgan fingerprint density at radius 1 is 1.11 bits per heavy atom. The van der Waals surface area contributed by atoms with E-state index in [1.807, 2.05) is 43.3 Å². The van der Waals surface area contributed by atoms with Crippen molar-refractivity contribution in [1.82, 2.24) is 20.3 Å². The average molecular weight is 470 g/mol. The number of carbonyl (C=O) groups is 1. The second kappa shape index (κ2) is 10.1. The van der Waals surface area contributed by atoms with Crippen LogP contribution >= 0.6 is 0 Å². The molecule has 2 aromatic carbocycles. The van der Waals surface area contributed by atoms with Crippen LogP contribution in [0.2, 0.25) is 0 Å². The van der Waals surface area contributed by atoms with Crippen molar-refractivity contribution >= 4 is 22.8 Å². The maximum absolute atomic E-state index is 13.6. The number of phenols is 1. The standard InChI is InChI=1S/C27H27N5O3/c1-18-8-9-21-23(15-18)30-25(22-6-2-3-7-24(22)33)31-26(21)32(20-10-13-28-14-11-20)27(34)35-17-19-5-4-12-29-16-19/h2-9,12,15-16,20,28,33H,10-11,13-14,17H2,1H3. The van der Waals surface area contributed by atoms with E-state index >= 15 is 0 Å². The molecule has 0 bridgehead atoms. The van der Waals surface area contributed by atoms with Crippen LogP contribution in [-0.4, -0.2) is 45.3 Å². The van der Waals surface area contributed by atoms with Gasteiger partial charge in [-0.05, 0) is 68.8 Å². The molecule has 1 aliphatic heterocycles. The summed E-state index contributed by atoms with van der Waals surface area (Å²) in [7, 11) is 0. The van der Waals surface area contributed by atoms with Crippen LogP contribution < -0.4 is 10.2 Å². The van der Waals surface area contributed by atoms with Crippen molar-refractivity contribution < 1.29 is 14.6 Å². The van der Waals surface area contributed by atoms with Crippen LogP contribution in [0, 0.1) is 6.92 Å². The molecule has 0 saturated carbocycles. The number of nitrogens with one attached hydrogen (secondary N) is 1. The maximum atomic E-state index is 13.6. The molecule has 8 nitrogen and oxygen atoms in total. The zero-order valence-corrected chi connectivity index (χ0v) is 19.5. The number of hydrogen-bond acceptors (Lipinski definition) is 7. The highest BCUT2D eigenvalue weighted by Gasteiger charge is 2.31. The van der Waals surface area contributed by atoms with Gasteiger partial charge in [0, 0.05) is 29.4 Å². The molecule has 0 atom stereocenters. The summed E-state index contributed by atoms with van der Waals surface area (Å²) in [5, 5.41) is 14.6. The van der Waals surface area contributed by atoms with E-state index in [0.29, 0.717) is 22.7 Å². The number of aromatic nitrogens is 3. The van der Waals surface area contributed by atoms with Crippen LogP contribution in [-0.2, 0) is 11.3 Å². The van der Waals surface area contributed by atoms with Crippen molar-refractivity contribution in [2.75, 3.05) is 18.0 Å². The average Bonchev–Trinajstić information content (AvgIpc) is 2.89. The molecule has 8 heteroatoms. The van der Waals surface area contributed by atoms with E-state index in [4.69, 9.17) is 14.7 Å². The van der Waals surface area contributed by atoms with E-state index in [-0.39, 0.29) is 18.4 Å². The van der Waals surface area contributed by atoms with Gasteiger partial charge in [-0.1, -0.05) is 24.3 Å². The van der Waals surface area contributed by atoms with Gasteiger partial charge in [0.1, 0.15) is 18.2 Å². The SMILES string of the molecule is Cc1ccc2c(N(C(=O)OCc3cccnc3)C3CCNCC3)nc(-c3ccccc3O)nc2c1. The molecule has 2 aromatic heterocycles. The van der Waals surface area contributed by atoms with E-state index in [1.54, 1.807) is 35.5 Å². The molecule has 4 aromatic rings. The highest BCUT2D eigenvalue weighted by molar-refractivity contribution is 6.00. The lowest BCUT2D eigenvalue weighted by Crippen LogP contribution is -2.47. The van der Waals surface area contributed by atoms with Crippen LogP contribution in [0.4, 0.5) is 10.6 Å². The van der Waals surface area contributed by atoms with Crippen LogP contribution in [0.3, 0.4) is 0 Å². The van der Waals surface area contributed by atoms with E-state index < -0.39 is 6.09 Å². The quantitative estimate of drug-likeness (QED) is 0.440. The minimum absolute atomic E-state index is 0.0815. The van der Waals surface area contributed by atoms with Crippen molar-refractivity contribution in [2.24, 2.45) is 0 Å². The summed E-state index contributed by atoms with van der Waals surface area (Å²) in [6.07, 6.45) is 4.43. The topological polar surface area (TPSA) is 100 Å². The molecule has 35 heavy (non-hydrogen) atoms.